The van der Waals surface area contributed by atoms with Crippen molar-refractivity contribution in [3.05, 3.63) is 52.2 Å². The molecular weight excluding hydrogens is 342 g/mol. The number of aryl methyl sites for hydroxylation is 1. The van der Waals surface area contributed by atoms with Crippen LogP contribution in [-0.4, -0.2) is 31.5 Å². The highest BCUT2D eigenvalue weighted by Crippen LogP contribution is 2.34. The molecule has 6 heteroatoms. The Kier molecular flexibility index (Phi) is 5.06. The van der Waals surface area contributed by atoms with Crippen LogP contribution in [0.4, 0.5) is 0 Å². The summed E-state index contributed by atoms with van der Waals surface area (Å²) in [5.74, 6) is -0.204. The molecule has 1 aliphatic rings. The topological polar surface area (TPSA) is 54.5 Å². The maximum atomic E-state index is 12.5. The van der Waals surface area contributed by atoms with Crippen LogP contribution in [0.2, 0.25) is 0 Å². The molecule has 3 rings (SSSR count). The molecule has 2 aromatic rings. The number of hydrogen-bond acceptors (Lipinski definition) is 4. The molecule has 0 saturated carbocycles. The lowest BCUT2D eigenvalue weighted by Gasteiger charge is -2.24. The van der Waals surface area contributed by atoms with E-state index in [-0.39, 0.29) is 29.0 Å². The molecule has 0 spiro atoms. The van der Waals surface area contributed by atoms with Gasteiger partial charge in [0.15, 0.2) is 9.84 Å². The number of carbonyl (C=O) groups is 1. The van der Waals surface area contributed by atoms with Gasteiger partial charge in [0.1, 0.15) is 0 Å². The number of nitrogens with zero attached hydrogens (tertiary/aromatic N) is 1. The monoisotopic (exact) mass is 363 g/mol. The molecule has 1 saturated heterocycles. The van der Waals surface area contributed by atoms with Gasteiger partial charge in [0.2, 0.25) is 5.91 Å². The maximum absolute atomic E-state index is 12.5. The molecule has 2 heterocycles. The Labute approximate surface area is 147 Å². The van der Waals surface area contributed by atoms with Crippen molar-refractivity contribution in [3.8, 4) is 0 Å². The van der Waals surface area contributed by atoms with Crippen molar-refractivity contribution in [1.29, 1.82) is 0 Å². The Morgan fingerprint density at radius 3 is 2.67 bits per heavy atom. The van der Waals surface area contributed by atoms with Gasteiger partial charge in [0.25, 0.3) is 0 Å². The summed E-state index contributed by atoms with van der Waals surface area (Å²) in [5.41, 5.74) is 1.01. The Morgan fingerprint density at radius 2 is 2.00 bits per heavy atom. The normalized spacial score (nSPS) is 18.0. The third kappa shape index (κ3) is 3.70. The third-order valence-corrected chi connectivity index (χ3v) is 7.12. The van der Waals surface area contributed by atoms with Crippen molar-refractivity contribution in [2.24, 2.45) is 0 Å². The van der Waals surface area contributed by atoms with Gasteiger partial charge in [0.05, 0.1) is 16.7 Å². The van der Waals surface area contributed by atoms with E-state index in [0.29, 0.717) is 6.54 Å². The summed E-state index contributed by atoms with van der Waals surface area (Å²) in [6.45, 7) is 2.63. The standard InChI is InChI=1S/C18H21NO3S2/c1-14-6-8-15(9-7-14)24(21,22)13-10-18(20)19-11-2-4-16(19)17-5-3-12-23-17/h3,5-9,12,16H,2,4,10-11,13H2,1H3/t16-/m1/s1. The van der Waals surface area contributed by atoms with Gasteiger partial charge in [-0.3, -0.25) is 4.79 Å². The summed E-state index contributed by atoms with van der Waals surface area (Å²) in [5, 5.41) is 2.01. The second-order valence-electron chi connectivity index (χ2n) is 6.14. The van der Waals surface area contributed by atoms with E-state index in [0.717, 1.165) is 18.4 Å². The van der Waals surface area contributed by atoms with Gasteiger partial charge < -0.3 is 4.90 Å². The highest BCUT2D eigenvalue weighted by atomic mass is 32.2. The average molecular weight is 364 g/mol. The molecule has 1 aromatic carbocycles. The van der Waals surface area contributed by atoms with Crippen LogP contribution in [0.15, 0.2) is 46.7 Å². The van der Waals surface area contributed by atoms with E-state index in [2.05, 4.69) is 0 Å². The van der Waals surface area contributed by atoms with E-state index in [1.54, 1.807) is 35.6 Å². The average Bonchev–Trinajstić information content (AvgIpc) is 3.23. The number of carbonyl (C=O) groups excluding carboxylic acids is 1. The van der Waals surface area contributed by atoms with Gasteiger partial charge in [-0.1, -0.05) is 23.8 Å². The zero-order chi connectivity index (χ0) is 17.2. The third-order valence-electron chi connectivity index (χ3n) is 4.41. The van der Waals surface area contributed by atoms with E-state index < -0.39 is 9.84 Å². The number of amides is 1. The molecule has 128 valence electrons. The fraction of sp³-hybridized carbons (Fsp3) is 0.389. The lowest BCUT2D eigenvalue weighted by molar-refractivity contribution is -0.131. The maximum Gasteiger partial charge on any atom is 0.224 e. The smallest absolute Gasteiger partial charge is 0.224 e. The number of thiophene rings is 1. The summed E-state index contributed by atoms with van der Waals surface area (Å²) >= 11 is 1.65. The van der Waals surface area contributed by atoms with Crippen LogP contribution in [-0.2, 0) is 14.6 Å². The molecule has 1 fully saturated rings. The zero-order valence-electron chi connectivity index (χ0n) is 13.6. The van der Waals surface area contributed by atoms with Crippen molar-refractivity contribution < 1.29 is 13.2 Å². The summed E-state index contributed by atoms with van der Waals surface area (Å²) in [6.07, 6.45) is 1.97. The summed E-state index contributed by atoms with van der Waals surface area (Å²) in [4.78, 5) is 15.9. The number of sulfone groups is 1. The molecule has 0 radical (unpaired) electrons. The van der Waals surface area contributed by atoms with Gasteiger partial charge >= 0.3 is 0 Å². The van der Waals surface area contributed by atoms with Crippen LogP contribution in [0.3, 0.4) is 0 Å². The fourth-order valence-electron chi connectivity index (χ4n) is 3.07. The van der Waals surface area contributed by atoms with Crippen LogP contribution in [0.5, 0.6) is 0 Å². The summed E-state index contributed by atoms with van der Waals surface area (Å²) in [6, 6.07) is 10.9. The van der Waals surface area contributed by atoms with Crippen LogP contribution in [0.25, 0.3) is 0 Å². The summed E-state index contributed by atoms with van der Waals surface area (Å²) in [7, 11) is -3.42. The quantitative estimate of drug-likeness (QED) is 0.816. The molecule has 1 aliphatic heterocycles. The second-order valence-corrected chi connectivity index (χ2v) is 9.23. The van der Waals surface area contributed by atoms with Gasteiger partial charge in [-0.25, -0.2) is 8.42 Å². The highest BCUT2D eigenvalue weighted by molar-refractivity contribution is 7.91. The Morgan fingerprint density at radius 1 is 1.25 bits per heavy atom. The molecular formula is C18H21NO3S2. The number of benzene rings is 1. The van der Waals surface area contributed by atoms with E-state index >= 15 is 0 Å². The van der Waals surface area contributed by atoms with Gasteiger partial charge in [-0.2, -0.15) is 0 Å². The second kappa shape index (κ2) is 7.07. The van der Waals surface area contributed by atoms with E-state index in [9.17, 15) is 13.2 Å². The molecule has 0 aliphatic carbocycles. The van der Waals surface area contributed by atoms with Crippen molar-refractivity contribution in [2.75, 3.05) is 12.3 Å². The van der Waals surface area contributed by atoms with Gasteiger partial charge in [0, 0.05) is 17.8 Å². The Balaban J connectivity index is 1.65. The lowest BCUT2D eigenvalue weighted by Crippen LogP contribution is -2.31. The van der Waals surface area contributed by atoms with Crippen molar-refractivity contribution in [3.63, 3.8) is 0 Å². The first-order chi connectivity index (χ1) is 11.5. The van der Waals surface area contributed by atoms with E-state index in [4.69, 9.17) is 0 Å². The highest BCUT2D eigenvalue weighted by Gasteiger charge is 2.31. The molecule has 1 atom stereocenters. The minimum atomic E-state index is -3.42. The molecule has 0 N–H and O–H groups in total. The SMILES string of the molecule is Cc1ccc(S(=O)(=O)CCC(=O)N2CCC[C@@H]2c2cccs2)cc1. The largest absolute Gasteiger partial charge is 0.335 e. The van der Waals surface area contributed by atoms with Crippen molar-refractivity contribution in [2.45, 2.75) is 37.1 Å². The predicted molar refractivity (Wildman–Crippen MR) is 95.9 cm³/mol. The van der Waals surface area contributed by atoms with Gasteiger partial charge in [-0.05, 0) is 43.3 Å². The molecule has 0 bridgehead atoms. The van der Waals surface area contributed by atoms with Crippen LogP contribution in [0, 0.1) is 6.92 Å². The molecule has 24 heavy (non-hydrogen) atoms. The Bertz CT molecular complexity index is 795. The number of rotatable bonds is 5. The zero-order valence-corrected chi connectivity index (χ0v) is 15.3. The minimum Gasteiger partial charge on any atom is -0.335 e. The molecule has 4 nitrogen and oxygen atoms in total. The molecule has 1 aromatic heterocycles. The Hall–Kier alpha value is -1.66. The first-order valence-corrected chi connectivity index (χ1v) is 10.6. The van der Waals surface area contributed by atoms with E-state index in [1.165, 1.54) is 4.88 Å². The first kappa shape index (κ1) is 17.2. The number of likely N-dealkylation sites (tertiary alicyclic amines) is 1. The lowest BCUT2D eigenvalue weighted by atomic mass is 10.2. The molecule has 0 unspecified atom stereocenters. The first-order valence-electron chi connectivity index (χ1n) is 8.10. The van der Waals surface area contributed by atoms with E-state index in [1.807, 2.05) is 29.3 Å². The van der Waals surface area contributed by atoms with Crippen LogP contribution >= 0.6 is 11.3 Å². The number of hydrogen-bond donors (Lipinski definition) is 0. The predicted octanol–water partition coefficient (Wildman–Crippen LogP) is 3.58. The van der Waals surface area contributed by atoms with Gasteiger partial charge in [-0.15, -0.1) is 11.3 Å². The van der Waals surface area contributed by atoms with Crippen molar-refractivity contribution in [1.82, 2.24) is 4.90 Å². The molecule has 1 amide bonds. The fourth-order valence-corrected chi connectivity index (χ4v) is 5.17. The summed E-state index contributed by atoms with van der Waals surface area (Å²) < 4.78 is 24.8. The minimum absolute atomic E-state index is 0.0398. The van der Waals surface area contributed by atoms with Crippen molar-refractivity contribution >= 4 is 27.1 Å². The van der Waals surface area contributed by atoms with Crippen LogP contribution < -0.4 is 0 Å². The van der Waals surface area contributed by atoms with Crippen LogP contribution in [0.1, 0.15) is 35.7 Å².